The smallest absolute Gasteiger partial charge is 0.122 e. The number of rotatable bonds is 5. The Labute approximate surface area is 130 Å². The van der Waals surface area contributed by atoms with E-state index in [2.05, 4.69) is 12.6 Å². The maximum Gasteiger partial charge on any atom is 0.122 e. The van der Waals surface area contributed by atoms with E-state index >= 15 is 0 Å². The molecule has 0 aliphatic carbocycles. The second kappa shape index (κ2) is 6.24. The number of ether oxygens (including phenoxy) is 2. The van der Waals surface area contributed by atoms with Gasteiger partial charge in [-0.3, -0.25) is 0 Å². The van der Waals surface area contributed by atoms with Crippen LogP contribution in [0.4, 0.5) is 0 Å². The average molecular weight is 296 g/mol. The molecule has 2 aromatic carbocycles. The van der Waals surface area contributed by atoms with Gasteiger partial charge in [-0.15, -0.1) is 6.58 Å². The molecule has 3 nitrogen and oxygen atoms in total. The minimum atomic E-state index is -0.622. The van der Waals surface area contributed by atoms with Gasteiger partial charge in [-0.1, -0.05) is 36.4 Å². The molecule has 1 aliphatic rings. The Morgan fingerprint density at radius 1 is 1.23 bits per heavy atom. The molecule has 114 valence electrons. The number of benzene rings is 2. The van der Waals surface area contributed by atoms with Gasteiger partial charge in [0.25, 0.3) is 0 Å². The molecule has 0 aromatic heterocycles. The number of hydrogen-bond donors (Lipinski definition) is 1. The summed E-state index contributed by atoms with van der Waals surface area (Å²) in [5.41, 5.74) is 2.00. The molecule has 3 atom stereocenters. The van der Waals surface area contributed by atoms with Crippen LogP contribution >= 0.6 is 0 Å². The molecule has 3 rings (SSSR count). The maximum absolute atomic E-state index is 10.8. The normalized spacial score (nSPS) is 18.9. The molecule has 3 heteroatoms. The van der Waals surface area contributed by atoms with Crippen molar-refractivity contribution in [3.63, 3.8) is 0 Å². The third-order valence-electron chi connectivity index (χ3n) is 4.30. The van der Waals surface area contributed by atoms with Gasteiger partial charge >= 0.3 is 0 Å². The van der Waals surface area contributed by atoms with Crippen molar-refractivity contribution < 1.29 is 14.6 Å². The van der Waals surface area contributed by atoms with Gasteiger partial charge in [0.2, 0.25) is 0 Å². The molecule has 2 aromatic rings. The molecular weight excluding hydrogens is 276 g/mol. The summed E-state index contributed by atoms with van der Waals surface area (Å²) in [4.78, 5) is 0. The molecule has 0 bridgehead atoms. The number of aliphatic hydroxyl groups is 1. The van der Waals surface area contributed by atoms with Crippen LogP contribution in [0.5, 0.6) is 11.5 Å². The second-order valence-corrected chi connectivity index (χ2v) is 5.49. The Hall–Kier alpha value is -2.26. The SMILES string of the molecule is C=CC(C(O)c1ccc(OC)cc1)C1COc2ccccc21. The van der Waals surface area contributed by atoms with Crippen LogP contribution in [-0.2, 0) is 0 Å². The summed E-state index contributed by atoms with van der Waals surface area (Å²) >= 11 is 0. The summed E-state index contributed by atoms with van der Waals surface area (Å²) in [6.07, 6.45) is 1.20. The Morgan fingerprint density at radius 2 is 1.95 bits per heavy atom. The van der Waals surface area contributed by atoms with Gasteiger partial charge in [-0.25, -0.2) is 0 Å². The standard InChI is InChI=1S/C19H20O3/c1-3-15(17-12-22-18-7-5-4-6-16(17)18)19(20)13-8-10-14(21-2)11-9-13/h3-11,15,17,19-20H,1,12H2,2H3. The summed E-state index contributed by atoms with van der Waals surface area (Å²) in [6.45, 7) is 4.49. The molecule has 0 saturated carbocycles. The van der Waals surface area contributed by atoms with E-state index in [1.54, 1.807) is 7.11 Å². The van der Waals surface area contributed by atoms with E-state index in [9.17, 15) is 5.11 Å². The predicted molar refractivity (Wildman–Crippen MR) is 86.3 cm³/mol. The molecule has 0 fully saturated rings. The second-order valence-electron chi connectivity index (χ2n) is 5.49. The minimum Gasteiger partial charge on any atom is -0.497 e. The van der Waals surface area contributed by atoms with E-state index in [1.165, 1.54) is 0 Å². The maximum atomic E-state index is 10.8. The van der Waals surface area contributed by atoms with Gasteiger partial charge in [0.1, 0.15) is 11.5 Å². The first-order chi connectivity index (χ1) is 10.7. The molecular formula is C19H20O3. The highest BCUT2D eigenvalue weighted by atomic mass is 16.5. The quantitative estimate of drug-likeness (QED) is 0.855. The van der Waals surface area contributed by atoms with Gasteiger partial charge in [-0.2, -0.15) is 0 Å². The lowest BCUT2D eigenvalue weighted by molar-refractivity contribution is 0.110. The molecule has 22 heavy (non-hydrogen) atoms. The van der Waals surface area contributed by atoms with Crippen molar-refractivity contribution in [2.75, 3.05) is 13.7 Å². The fourth-order valence-electron chi connectivity index (χ4n) is 3.04. The van der Waals surface area contributed by atoms with Crippen molar-refractivity contribution in [3.05, 3.63) is 72.3 Å². The number of methoxy groups -OCH3 is 1. The number of fused-ring (bicyclic) bond motifs is 1. The van der Waals surface area contributed by atoms with Crippen LogP contribution in [0.15, 0.2) is 61.2 Å². The highest BCUT2D eigenvalue weighted by molar-refractivity contribution is 5.41. The first-order valence-corrected chi connectivity index (χ1v) is 7.41. The highest BCUT2D eigenvalue weighted by Gasteiger charge is 2.34. The van der Waals surface area contributed by atoms with Crippen molar-refractivity contribution in [1.29, 1.82) is 0 Å². The summed E-state index contributed by atoms with van der Waals surface area (Å²) in [6, 6.07) is 15.5. The van der Waals surface area contributed by atoms with E-state index in [-0.39, 0.29) is 11.8 Å². The van der Waals surface area contributed by atoms with Crippen LogP contribution in [0.3, 0.4) is 0 Å². The molecule has 0 spiro atoms. The van der Waals surface area contributed by atoms with Gasteiger partial charge < -0.3 is 14.6 Å². The Bertz CT molecular complexity index is 648. The molecule has 1 N–H and O–H groups in total. The van der Waals surface area contributed by atoms with Gasteiger partial charge in [0.15, 0.2) is 0 Å². The summed E-state index contributed by atoms with van der Waals surface area (Å²) in [7, 11) is 1.63. The van der Waals surface area contributed by atoms with Crippen LogP contribution < -0.4 is 9.47 Å². The van der Waals surface area contributed by atoms with E-state index in [1.807, 2.05) is 48.5 Å². The topological polar surface area (TPSA) is 38.7 Å². The first-order valence-electron chi connectivity index (χ1n) is 7.41. The average Bonchev–Trinajstić information content (AvgIpc) is 3.00. The lowest BCUT2D eigenvalue weighted by atomic mass is 9.81. The van der Waals surface area contributed by atoms with Crippen molar-refractivity contribution in [3.8, 4) is 11.5 Å². The van der Waals surface area contributed by atoms with Crippen LogP contribution in [0.1, 0.15) is 23.1 Å². The van der Waals surface area contributed by atoms with E-state index in [4.69, 9.17) is 9.47 Å². The van der Waals surface area contributed by atoms with E-state index < -0.39 is 6.10 Å². The van der Waals surface area contributed by atoms with Crippen molar-refractivity contribution in [2.45, 2.75) is 12.0 Å². The first kappa shape index (κ1) is 14.7. The summed E-state index contributed by atoms with van der Waals surface area (Å²) in [5.74, 6) is 1.70. The predicted octanol–water partition coefficient (Wildman–Crippen LogP) is 3.71. The van der Waals surface area contributed by atoms with Crippen LogP contribution in [0.25, 0.3) is 0 Å². The van der Waals surface area contributed by atoms with Gasteiger partial charge in [0.05, 0.1) is 19.8 Å². The lowest BCUT2D eigenvalue weighted by Gasteiger charge is -2.25. The zero-order valence-corrected chi connectivity index (χ0v) is 12.6. The molecule has 1 aliphatic heterocycles. The molecule has 0 radical (unpaired) electrons. The fraction of sp³-hybridized carbons (Fsp3) is 0.263. The largest absolute Gasteiger partial charge is 0.497 e. The third-order valence-corrected chi connectivity index (χ3v) is 4.30. The van der Waals surface area contributed by atoms with Gasteiger partial charge in [0, 0.05) is 17.4 Å². The zero-order valence-electron chi connectivity index (χ0n) is 12.6. The molecule has 1 heterocycles. The molecule has 0 amide bonds. The fourth-order valence-corrected chi connectivity index (χ4v) is 3.04. The lowest BCUT2D eigenvalue weighted by Crippen LogP contribution is -2.20. The van der Waals surface area contributed by atoms with Crippen molar-refractivity contribution >= 4 is 0 Å². The summed E-state index contributed by atoms with van der Waals surface area (Å²) in [5, 5.41) is 10.8. The van der Waals surface area contributed by atoms with Crippen molar-refractivity contribution in [1.82, 2.24) is 0 Å². The monoisotopic (exact) mass is 296 g/mol. The Balaban J connectivity index is 1.86. The van der Waals surface area contributed by atoms with Crippen LogP contribution in [0, 0.1) is 5.92 Å². The van der Waals surface area contributed by atoms with Crippen molar-refractivity contribution in [2.24, 2.45) is 5.92 Å². The van der Waals surface area contributed by atoms with E-state index in [0.29, 0.717) is 6.61 Å². The molecule has 3 unspecified atom stereocenters. The third kappa shape index (κ3) is 2.60. The number of para-hydroxylation sites is 1. The Kier molecular flexibility index (Phi) is 4.16. The number of aliphatic hydroxyl groups excluding tert-OH is 1. The van der Waals surface area contributed by atoms with Crippen LogP contribution in [-0.4, -0.2) is 18.8 Å². The van der Waals surface area contributed by atoms with Crippen LogP contribution in [0.2, 0.25) is 0 Å². The minimum absolute atomic E-state index is 0.1000. The van der Waals surface area contributed by atoms with E-state index in [0.717, 1.165) is 22.6 Å². The Morgan fingerprint density at radius 3 is 2.64 bits per heavy atom. The summed E-state index contributed by atoms with van der Waals surface area (Å²) < 4.78 is 10.9. The highest BCUT2D eigenvalue weighted by Crippen LogP contribution is 2.43. The van der Waals surface area contributed by atoms with Gasteiger partial charge in [-0.05, 0) is 23.8 Å². The zero-order chi connectivity index (χ0) is 15.5. The number of hydrogen-bond acceptors (Lipinski definition) is 3. The molecule has 0 saturated heterocycles.